The second-order valence-electron chi connectivity index (χ2n) is 4.74. The van der Waals surface area contributed by atoms with E-state index < -0.39 is 36.0 Å². The summed E-state index contributed by atoms with van der Waals surface area (Å²) >= 11 is 3.22. The Bertz CT molecular complexity index is 792. The van der Waals surface area contributed by atoms with Gasteiger partial charge in [-0.1, -0.05) is 15.9 Å². The summed E-state index contributed by atoms with van der Waals surface area (Å²) in [6.45, 7) is -0.739. The first-order valence-corrected chi connectivity index (χ1v) is 7.62. The van der Waals surface area contributed by atoms with Gasteiger partial charge < -0.3 is 4.74 Å². The van der Waals surface area contributed by atoms with Gasteiger partial charge in [0.25, 0.3) is 11.8 Å². The zero-order valence-corrected chi connectivity index (χ0v) is 14.1. The van der Waals surface area contributed by atoms with Crippen LogP contribution in [0.5, 0.6) is 0 Å². The third-order valence-corrected chi connectivity index (χ3v) is 3.38. The van der Waals surface area contributed by atoms with Crippen molar-refractivity contribution in [2.45, 2.75) is 0 Å². The molecule has 25 heavy (non-hydrogen) atoms. The van der Waals surface area contributed by atoms with Gasteiger partial charge in [-0.3, -0.25) is 20.4 Å². The van der Waals surface area contributed by atoms with Crippen LogP contribution in [-0.2, 0) is 9.53 Å². The van der Waals surface area contributed by atoms with E-state index in [-0.39, 0.29) is 5.56 Å². The number of carbonyl (C=O) groups is 3. The maximum Gasteiger partial charge on any atom is 0.338 e. The van der Waals surface area contributed by atoms with Crippen molar-refractivity contribution in [2.24, 2.45) is 0 Å². The number of rotatable bonds is 4. The second kappa shape index (κ2) is 8.34. The maximum absolute atomic E-state index is 13.0. The number of hydrogen-bond donors (Lipinski definition) is 2. The van der Waals surface area contributed by atoms with Gasteiger partial charge in [-0.25, -0.2) is 13.6 Å². The fourth-order valence-electron chi connectivity index (χ4n) is 1.72. The van der Waals surface area contributed by atoms with Crippen molar-refractivity contribution in [3.8, 4) is 0 Å². The number of hydrogen-bond acceptors (Lipinski definition) is 4. The first-order valence-electron chi connectivity index (χ1n) is 6.83. The molecule has 2 aromatic rings. The van der Waals surface area contributed by atoms with Crippen molar-refractivity contribution in [2.75, 3.05) is 6.61 Å². The SMILES string of the molecule is O=C(COC(=O)c1cc(F)cc(F)c1)NNC(=O)c1ccc(Br)cc1. The van der Waals surface area contributed by atoms with Gasteiger partial charge in [0.15, 0.2) is 6.61 Å². The third kappa shape index (κ3) is 5.64. The molecule has 0 radical (unpaired) electrons. The molecular formula is C16H11BrF2N2O4. The summed E-state index contributed by atoms with van der Waals surface area (Å²) < 4.78 is 31.4. The van der Waals surface area contributed by atoms with Gasteiger partial charge in [-0.2, -0.15) is 0 Å². The number of hydrazine groups is 1. The van der Waals surface area contributed by atoms with Crippen LogP contribution in [0.4, 0.5) is 8.78 Å². The third-order valence-electron chi connectivity index (χ3n) is 2.85. The number of benzene rings is 2. The summed E-state index contributed by atoms with van der Waals surface area (Å²) in [5.74, 6) is -4.36. The molecule has 0 saturated heterocycles. The molecule has 0 aliphatic rings. The first kappa shape index (κ1) is 18.5. The van der Waals surface area contributed by atoms with Crippen LogP contribution in [-0.4, -0.2) is 24.4 Å². The zero-order valence-electron chi connectivity index (χ0n) is 12.5. The van der Waals surface area contributed by atoms with E-state index in [1.54, 1.807) is 12.1 Å². The molecule has 0 atom stereocenters. The van der Waals surface area contributed by atoms with Crippen LogP contribution in [0.25, 0.3) is 0 Å². The molecule has 2 N–H and O–H groups in total. The molecule has 0 aliphatic heterocycles. The lowest BCUT2D eigenvalue weighted by atomic mass is 10.2. The minimum atomic E-state index is -1.08. The van der Waals surface area contributed by atoms with Crippen LogP contribution in [0.15, 0.2) is 46.9 Å². The molecule has 0 spiro atoms. The van der Waals surface area contributed by atoms with E-state index in [4.69, 9.17) is 0 Å². The molecule has 0 fully saturated rings. The number of nitrogens with one attached hydrogen (secondary N) is 2. The van der Waals surface area contributed by atoms with Crippen LogP contribution >= 0.6 is 15.9 Å². The fraction of sp³-hybridized carbons (Fsp3) is 0.0625. The lowest BCUT2D eigenvalue weighted by Crippen LogP contribution is -2.43. The highest BCUT2D eigenvalue weighted by Gasteiger charge is 2.13. The van der Waals surface area contributed by atoms with Gasteiger partial charge >= 0.3 is 5.97 Å². The van der Waals surface area contributed by atoms with Gasteiger partial charge in [0.2, 0.25) is 0 Å². The molecule has 0 aromatic heterocycles. The molecule has 130 valence electrons. The Morgan fingerprint density at radius 3 is 2.12 bits per heavy atom. The highest BCUT2D eigenvalue weighted by atomic mass is 79.9. The molecule has 2 amide bonds. The topological polar surface area (TPSA) is 84.5 Å². The van der Waals surface area contributed by atoms with Crippen LogP contribution in [0.1, 0.15) is 20.7 Å². The predicted molar refractivity (Wildman–Crippen MR) is 86.4 cm³/mol. The Labute approximate surface area is 149 Å². The Morgan fingerprint density at radius 1 is 0.920 bits per heavy atom. The largest absolute Gasteiger partial charge is 0.452 e. The van der Waals surface area contributed by atoms with Gasteiger partial charge in [-0.05, 0) is 36.4 Å². The van der Waals surface area contributed by atoms with E-state index in [2.05, 4.69) is 26.1 Å². The van der Waals surface area contributed by atoms with Gasteiger partial charge in [0.1, 0.15) is 11.6 Å². The number of amides is 2. The zero-order chi connectivity index (χ0) is 18.4. The molecule has 2 rings (SSSR count). The first-order chi connectivity index (χ1) is 11.8. The Kier molecular flexibility index (Phi) is 6.18. The van der Waals surface area contributed by atoms with Crippen molar-refractivity contribution in [1.29, 1.82) is 0 Å². The highest BCUT2D eigenvalue weighted by Crippen LogP contribution is 2.10. The Hall–Kier alpha value is -2.81. The molecule has 0 bridgehead atoms. The van der Waals surface area contributed by atoms with Gasteiger partial charge in [0, 0.05) is 16.1 Å². The summed E-state index contributed by atoms with van der Waals surface area (Å²) in [5.41, 5.74) is 4.11. The van der Waals surface area contributed by atoms with Crippen molar-refractivity contribution >= 4 is 33.7 Å². The van der Waals surface area contributed by atoms with E-state index in [1.165, 1.54) is 12.1 Å². The average Bonchev–Trinajstić information content (AvgIpc) is 2.57. The minimum absolute atomic E-state index is 0.302. The van der Waals surface area contributed by atoms with E-state index in [0.29, 0.717) is 11.6 Å². The molecule has 2 aromatic carbocycles. The van der Waals surface area contributed by atoms with E-state index in [0.717, 1.165) is 16.6 Å². The molecule has 0 unspecified atom stereocenters. The number of ether oxygens (including phenoxy) is 1. The quantitative estimate of drug-likeness (QED) is 0.596. The Morgan fingerprint density at radius 2 is 1.52 bits per heavy atom. The Balaban J connectivity index is 1.81. The van der Waals surface area contributed by atoms with Crippen molar-refractivity contribution < 1.29 is 27.9 Å². The van der Waals surface area contributed by atoms with Crippen molar-refractivity contribution in [1.82, 2.24) is 10.9 Å². The monoisotopic (exact) mass is 412 g/mol. The van der Waals surface area contributed by atoms with Crippen molar-refractivity contribution in [3.63, 3.8) is 0 Å². The summed E-state index contributed by atoms with van der Waals surface area (Å²) in [7, 11) is 0. The van der Waals surface area contributed by atoms with E-state index in [9.17, 15) is 23.2 Å². The normalized spacial score (nSPS) is 10.0. The molecular weight excluding hydrogens is 402 g/mol. The van der Waals surface area contributed by atoms with E-state index >= 15 is 0 Å². The molecule has 9 heteroatoms. The maximum atomic E-state index is 13.0. The highest BCUT2D eigenvalue weighted by molar-refractivity contribution is 9.10. The summed E-state index contributed by atoms with van der Waals surface area (Å²) in [6.07, 6.45) is 0. The molecule has 0 aliphatic carbocycles. The van der Waals surface area contributed by atoms with Crippen LogP contribution < -0.4 is 10.9 Å². The fourth-order valence-corrected chi connectivity index (χ4v) is 1.99. The van der Waals surface area contributed by atoms with Crippen LogP contribution in [0.2, 0.25) is 0 Å². The second-order valence-corrected chi connectivity index (χ2v) is 5.66. The predicted octanol–water partition coefficient (Wildman–Crippen LogP) is 2.35. The summed E-state index contributed by atoms with van der Waals surface area (Å²) in [6, 6.07) is 8.51. The lowest BCUT2D eigenvalue weighted by molar-refractivity contribution is -0.125. The lowest BCUT2D eigenvalue weighted by Gasteiger charge is -2.08. The molecule has 6 nitrogen and oxygen atoms in total. The summed E-state index contributed by atoms with van der Waals surface area (Å²) in [5, 5.41) is 0. The van der Waals surface area contributed by atoms with Crippen LogP contribution in [0, 0.1) is 11.6 Å². The minimum Gasteiger partial charge on any atom is -0.452 e. The molecule has 0 heterocycles. The van der Waals surface area contributed by atoms with Crippen molar-refractivity contribution in [3.05, 3.63) is 69.7 Å². The number of carbonyl (C=O) groups excluding carboxylic acids is 3. The molecule has 0 saturated carbocycles. The average molecular weight is 413 g/mol. The van der Waals surface area contributed by atoms with Gasteiger partial charge in [0.05, 0.1) is 5.56 Å². The standard InChI is InChI=1S/C16H11BrF2N2O4/c17-11-3-1-9(2-4-11)15(23)21-20-14(22)8-25-16(24)10-5-12(18)7-13(19)6-10/h1-7H,8H2,(H,20,22)(H,21,23). The number of esters is 1. The smallest absolute Gasteiger partial charge is 0.338 e. The summed E-state index contributed by atoms with van der Waals surface area (Å²) in [4.78, 5) is 34.9. The van der Waals surface area contributed by atoms with E-state index in [1.807, 2.05) is 5.43 Å². The number of halogens is 3. The van der Waals surface area contributed by atoms with Gasteiger partial charge in [-0.15, -0.1) is 0 Å². The van der Waals surface area contributed by atoms with Crippen LogP contribution in [0.3, 0.4) is 0 Å².